The monoisotopic (exact) mass is 473 g/mol. The van der Waals surface area contributed by atoms with Crippen LogP contribution in [0.3, 0.4) is 0 Å². The first-order chi connectivity index (χ1) is 16.0. The maximum Gasteiger partial charge on any atom is 0.352 e. The topological polar surface area (TPSA) is 123 Å². The van der Waals surface area contributed by atoms with Crippen LogP contribution in [0.1, 0.15) is 42.4 Å². The maximum absolute atomic E-state index is 13.0. The number of hydrogen-bond donors (Lipinski definition) is 3. The number of nitrogens with one attached hydrogen (secondary N) is 2. The number of rotatable bonds is 5. The van der Waals surface area contributed by atoms with E-state index in [-0.39, 0.29) is 16.0 Å². The smallest absolute Gasteiger partial charge is 0.352 e. The summed E-state index contributed by atoms with van der Waals surface area (Å²) >= 11 is 0. The van der Waals surface area contributed by atoms with Gasteiger partial charge < -0.3 is 10.1 Å². The molecule has 34 heavy (non-hydrogen) atoms. The van der Waals surface area contributed by atoms with Crippen LogP contribution in [0.4, 0.5) is 5.69 Å². The summed E-state index contributed by atoms with van der Waals surface area (Å²) in [5.74, 6) is -1.16. The van der Waals surface area contributed by atoms with Crippen molar-refractivity contribution in [2.24, 2.45) is 0 Å². The number of carboxylic acids is 1. The molecule has 0 fully saturated rings. The summed E-state index contributed by atoms with van der Waals surface area (Å²) in [6.07, 6.45) is 0. The summed E-state index contributed by atoms with van der Waals surface area (Å²) in [7, 11) is -3.86. The summed E-state index contributed by atoms with van der Waals surface area (Å²) in [6.45, 7) is 6.16. The van der Waals surface area contributed by atoms with E-state index in [4.69, 9.17) is 0 Å². The van der Waals surface area contributed by atoms with E-state index in [0.29, 0.717) is 33.3 Å². The fourth-order valence-electron chi connectivity index (χ4n) is 3.81. The molecule has 7 nitrogen and oxygen atoms in total. The number of fused-ring (bicyclic) bond motifs is 1. The number of aromatic carboxylic acids is 1. The molecule has 3 N–H and O–H groups in total. The quantitative estimate of drug-likeness (QED) is 0.353. The molecule has 0 amide bonds. The summed E-state index contributed by atoms with van der Waals surface area (Å²) in [5, 5.41) is 19.5. The molecule has 0 radical (unpaired) electrons. The van der Waals surface area contributed by atoms with Gasteiger partial charge in [0.15, 0.2) is 0 Å². The average molecular weight is 474 g/mol. The molecule has 3 aromatic carbocycles. The van der Waals surface area contributed by atoms with Gasteiger partial charge in [0.1, 0.15) is 5.69 Å². The van der Waals surface area contributed by atoms with Gasteiger partial charge in [0.05, 0.1) is 16.5 Å². The Morgan fingerprint density at radius 3 is 2.35 bits per heavy atom. The van der Waals surface area contributed by atoms with E-state index in [1.54, 1.807) is 66.7 Å². The van der Waals surface area contributed by atoms with E-state index in [2.05, 4.69) is 36.5 Å². The maximum atomic E-state index is 13.0. The van der Waals surface area contributed by atoms with Crippen molar-refractivity contribution in [3.63, 3.8) is 0 Å². The van der Waals surface area contributed by atoms with Gasteiger partial charge in [0.25, 0.3) is 10.0 Å². The number of H-pyrrole nitrogens is 1. The highest BCUT2D eigenvalue weighted by Gasteiger charge is 2.21. The fourth-order valence-corrected chi connectivity index (χ4v) is 4.86. The summed E-state index contributed by atoms with van der Waals surface area (Å²) in [5.41, 5.74) is 3.02. The number of hydrogen-bond acceptors (Lipinski definition) is 4. The van der Waals surface area contributed by atoms with E-state index in [1.807, 2.05) is 0 Å². The van der Waals surface area contributed by atoms with Gasteiger partial charge in [-0.2, -0.15) is 5.26 Å². The summed E-state index contributed by atoms with van der Waals surface area (Å²) in [4.78, 5) is 14.9. The predicted molar refractivity (Wildman–Crippen MR) is 131 cm³/mol. The molecule has 0 aliphatic heterocycles. The molecule has 4 rings (SSSR count). The van der Waals surface area contributed by atoms with E-state index in [1.165, 1.54) is 0 Å². The number of carbonyl (C=O) groups is 1. The Balaban J connectivity index is 1.78. The molecule has 0 unspecified atom stereocenters. The number of nitrogens with zero attached hydrogens (tertiary/aromatic N) is 1. The van der Waals surface area contributed by atoms with Crippen molar-refractivity contribution in [2.75, 3.05) is 4.72 Å². The predicted octanol–water partition coefficient (Wildman–Crippen LogP) is 5.50. The molecular formula is C26H23N3O4S. The normalized spacial score (nSPS) is 11.8. The molecule has 0 aliphatic carbocycles. The van der Waals surface area contributed by atoms with Gasteiger partial charge in [-0.05, 0) is 59.0 Å². The lowest BCUT2D eigenvalue weighted by Crippen LogP contribution is -2.14. The van der Waals surface area contributed by atoms with Crippen LogP contribution >= 0.6 is 0 Å². The molecule has 4 aromatic rings. The zero-order valence-electron chi connectivity index (χ0n) is 18.9. The average Bonchev–Trinajstić information content (AvgIpc) is 3.17. The van der Waals surface area contributed by atoms with Gasteiger partial charge in [0.2, 0.25) is 0 Å². The summed E-state index contributed by atoms with van der Waals surface area (Å²) < 4.78 is 28.6. The van der Waals surface area contributed by atoms with Crippen LogP contribution in [0.2, 0.25) is 0 Å². The minimum atomic E-state index is -3.86. The van der Waals surface area contributed by atoms with Gasteiger partial charge in [-0.15, -0.1) is 0 Å². The highest BCUT2D eigenvalue weighted by molar-refractivity contribution is 7.92. The highest BCUT2D eigenvalue weighted by Crippen LogP contribution is 2.35. The Labute approximate surface area is 197 Å². The van der Waals surface area contributed by atoms with Crippen LogP contribution in [-0.4, -0.2) is 24.5 Å². The van der Waals surface area contributed by atoms with Gasteiger partial charge in [-0.1, -0.05) is 45.0 Å². The lowest BCUT2D eigenvalue weighted by molar-refractivity contribution is 0.0692. The molecule has 8 heteroatoms. The molecule has 1 aromatic heterocycles. The van der Waals surface area contributed by atoms with Crippen LogP contribution in [0.15, 0.2) is 71.6 Å². The zero-order chi connectivity index (χ0) is 24.7. The van der Waals surface area contributed by atoms with Crippen LogP contribution in [-0.2, 0) is 15.4 Å². The molecular weight excluding hydrogens is 450 g/mol. The molecule has 0 bridgehead atoms. The van der Waals surface area contributed by atoms with Crippen molar-refractivity contribution in [1.29, 1.82) is 5.26 Å². The first-order valence-corrected chi connectivity index (χ1v) is 12.0. The van der Waals surface area contributed by atoms with Crippen molar-refractivity contribution in [3.8, 4) is 17.2 Å². The SMILES string of the molecule is CC(C)(C)c1ccc(S(=O)(=O)Nc2ccc3[nH]c(C(=O)O)c(-c4cccc(C#N)c4)c3c2)cc1. The van der Waals surface area contributed by atoms with Crippen molar-refractivity contribution < 1.29 is 18.3 Å². The molecule has 172 valence electrons. The third-order valence-corrected chi connectivity index (χ3v) is 6.97. The van der Waals surface area contributed by atoms with Crippen molar-refractivity contribution >= 4 is 32.6 Å². The first-order valence-electron chi connectivity index (χ1n) is 10.5. The van der Waals surface area contributed by atoms with Crippen LogP contribution in [0, 0.1) is 11.3 Å². The second kappa shape index (κ2) is 8.36. The number of aromatic nitrogens is 1. The number of nitriles is 1. The minimum Gasteiger partial charge on any atom is -0.477 e. The lowest BCUT2D eigenvalue weighted by Gasteiger charge is -2.19. The molecule has 0 aliphatic rings. The van der Waals surface area contributed by atoms with Crippen LogP contribution in [0.5, 0.6) is 0 Å². The van der Waals surface area contributed by atoms with Gasteiger partial charge >= 0.3 is 5.97 Å². The van der Waals surface area contributed by atoms with E-state index < -0.39 is 16.0 Å². The van der Waals surface area contributed by atoms with Gasteiger partial charge in [-0.25, -0.2) is 13.2 Å². The molecule has 1 heterocycles. The third kappa shape index (κ3) is 4.38. The molecule has 0 atom stereocenters. The number of carboxylic acid groups (broad SMARTS) is 1. The highest BCUT2D eigenvalue weighted by atomic mass is 32.2. The number of aromatic amines is 1. The molecule has 0 saturated heterocycles. The molecule has 0 spiro atoms. The second-order valence-electron chi connectivity index (χ2n) is 9.01. The van der Waals surface area contributed by atoms with E-state index in [9.17, 15) is 23.6 Å². The Morgan fingerprint density at radius 2 is 1.74 bits per heavy atom. The standard InChI is InChI=1S/C26H23N3O4S/c1-26(2,3)18-7-10-20(11-8-18)34(32,33)29-19-9-12-22-21(14-19)23(24(28-22)25(30)31)17-6-4-5-16(13-17)15-27/h4-14,28-29H,1-3H3,(H,30,31). The van der Waals surface area contributed by atoms with E-state index in [0.717, 1.165) is 5.56 Å². The Hall–Kier alpha value is -4.09. The Morgan fingerprint density at radius 1 is 1.03 bits per heavy atom. The summed E-state index contributed by atoms with van der Waals surface area (Å²) in [6, 6.07) is 20.2. The Bertz CT molecular complexity index is 1550. The fraction of sp³-hybridized carbons (Fsp3) is 0.154. The number of benzene rings is 3. The minimum absolute atomic E-state index is 0.0390. The molecule has 0 saturated carbocycles. The zero-order valence-corrected chi connectivity index (χ0v) is 19.7. The van der Waals surface area contributed by atoms with Gasteiger partial charge in [0, 0.05) is 22.2 Å². The van der Waals surface area contributed by atoms with Crippen molar-refractivity contribution in [1.82, 2.24) is 4.98 Å². The lowest BCUT2D eigenvalue weighted by atomic mass is 9.87. The van der Waals surface area contributed by atoms with Crippen molar-refractivity contribution in [2.45, 2.75) is 31.1 Å². The van der Waals surface area contributed by atoms with Crippen LogP contribution < -0.4 is 4.72 Å². The largest absolute Gasteiger partial charge is 0.477 e. The number of anilines is 1. The second-order valence-corrected chi connectivity index (χ2v) is 10.7. The first kappa shape index (κ1) is 23.1. The van der Waals surface area contributed by atoms with Gasteiger partial charge in [-0.3, -0.25) is 4.72 Å². The third-order valence-electron chi connectivity index (χ3n) is 5.58. The van der Waals surface area contributed by atoms with E-state index >= 15 is 0 Å². The Kier molecular flexibility index (Phi) is 5.67. The van der Waals surface area contributed by atoms with Crippen molar-refractivity contribution in [3.05, 3.63) is 83.6 Å². The number of sulfonamides is 1. The van der Waals surface area contributed by atoms with Crippen LogP contribution in [0.25, 0.3) is 22.0 Å².